The van der Waals surface area contributed by atoms with Crippen molar-refractivity contribution in [3.05, 3.63) is 13.8 Å². The van der Waals surface area contributed by atoms with Crippen LogP contribution >= 0.6 is 0 Å². The monoisotopic (exact) mass is 313 g/mol. The number of hydrogen-bond acceptors (Lipinski definition) is 1. The molecule has 0 aliphatic carbocycles. The summed E-state index contributed by atoms with van der Waals surface area (Å²) >= 11 is 0. The van der Waals surface area contributed by atoms with Crippen LogP contribution in [0.2, 0.25) is 0 Å². The van der Waals surface area contributed by atoms with Crippen molar-refractivity contribution in [1.29, 1.82) is 0 Å². The molecular formula is C8H19NW. The second-order valence-electron chi connectivity index (χ2n) is 2.26. The van der Waals surface area contributed by atoms with Crippen molar-refractivity contribution in [2.75, 3.05) is 0 Å². The molecule has 0 aliphatic rings. The van der Waals surface area contributed by atoms with Gasteiger partial charge in [-0.05, 0) is 12.5 Å². The zero-order valence-electron chi connectivity index (χ0n) is 7.42. The molecular weight excluding hydrogens is 294 g/mol. The molecule has 0 amide bonds. The third-order valence-corrected chi connectivity index (χ3v) is 1.67. The third-order valence-electron chi connectivity index (χ3n) is 1.67. The van der Waals surface area contributed by atoms with Crippen molar-refractivity contribution in [3.8, 4) is 0 Å². The third kappa shape index (κ3) is 6.76. The van der Waals surface area contributed by atoms with Gasteiger partial charge in [-0.25, -0.2) is 0 Å². The van der Waals surface area contributed by atoms with Crippen molar-refractivity contribution >= 4 is 0 Å². The van der Waals surface area contributed by atoms with E-state index < -0.39 is 0 Å². The van der Waals surface area contributed by atoms with E-state index in [1.165, 1.54) is 0 Å². The van der Waals surface area contributed by atoms with Gasteiger partial charge in [0, 0.05) is 0 Å². The van der Waals surface area contributed by atoms with Crippen molar-refractivity contribution < 1.29 is 21.1 Å². The fourth-order valence-corrected chi connectivity index (χ4v) is 0.619. The summed E-state index contributed by atoms with van der Waals surface area (Å²) in [5.41, 5.74) is 5.70. The van der Waals surface area contributed by atoms with Gasteiger partial charge in [-0.1, -0.05) is 13.8 Å². The Morgan fingerprint density at radius 3 is 2.00 bits per heavy atom. The summed E-state index contributed by atoms with van der Waals surface area (Å²) in [7, 11) is 0. The summed E-state index contributed by atoms with van der Waals surface area (Å²) in [6.07, 6.45) is 3.22. The molecule has 0 rings (SSSR count). The van der Waals surface area contributed by atoms with Crippen molar-refractivity contribution in [2.45, 2.75) is 33.2 Å². The summed E-state index contributed by atoms with van der Waals surface area (Å²) < 4.78 is 0. The fraction of sp³-hybridized carbons (Fsp3) is 0.750. The average molecular weight is 313 g/mol. The molecule has 2 heteroatoms. The van der Waals surface area contributed by atoms with E-state index in [0.29, 0.717) is 12.0 Å². The molecule has 0 bridgehead atoms. The van der Waals surface area contributed by atoms with E-state index in [1.807, 2.05) is 0 Å². The normalized spacial score (nSPS) is 14.4. The van der Waals surface area contributed by atoms with Crippen LogP contribution < -0.4 is 5.73 Å². The van der Waals surface area contributed by atoms with Crippen molar-refractivity contribution in [3.63, 3.8) is 0 Å². The predicted molar refractivity (Wildman–Crippen MR) is 43.8 cm³/mol. The van der Waals surface area contributed by atoms with Crippen LogP contribution in [-0.4, -0.2) is 6.04 Å². The largest absolute Gasteiger partial charge is 2.00 e. The van der Waals surface area contributed by atoms with Crippen molar-refractivity contribution in [1.82, 2.24) is 0 Å². The van der Waals surface area contributed by atoms with Crippen LogP contribution in [0.15, 0.2) is 0 Å². The SMILES string of the molecule is C[CH-][C@@H](C)[C@@H](N)CC.[CH3-].[W+2]. The molecule has 0 aromatic heterocycles. The molecule has 0 fully saturated rings. The van der Waals surface area contributed by atoms with E-state index in [1.54, 1.807) is 0 Å². The summed E-state index contributed by atoms with van der Waals surface area (Å²) in [6, 6.07) is 0.361. The molecule has 0 saturated carbocycles. The molecule has 2 atom stereocenters. The van der Waals surface area contributed by atoms with Gasteiger partial charge in [0.15, 0.2) is 0 Å². The molecule has 0 radical (unpaired) electrons. The summed E-state index contributed by atoms with van der Waals surface area (Å²) in [5, 5.41) is 0. The number of nitrogens with two attached hydrogens (primary N) is 1. The van der Waals surface area contributed by atoms with Crippen LogP contribution in [0.4, 0.5) is 0 Å². The first kappa shape index (κ1) is 16.9. The minimum atomic E-state index is 0. The molecule has 10 heavy (non-hydrogen) atoms. The predicted octanol–water partition coefficient (Wildman–Crippen LogP) is 2.03. The molecule has 0 aliphatic heterocycles. The van der Waals surface area contributed by atoms with Gasteiger partial charge in [0.25, 0.3) is 0 Å². The maximum absolute atomic E-state index is 5.70. The van der Waals surface area contributed by atoms with Gasteiger partial charge in [0.1, 0.15) is 0 Å². The minimum Gasteiger partial charge on any atom is -0.358 e. The molecule has 1 nitrogen and oxygen atoms in total. The Bertz CT molecular complexity index is 49.2. The maximum atomic E-state index is 5.70. The van der Waals surface area contributed by atoms with E-state index in [0.717, 1.165) is 6.42 Å². The quantitative estimate of drug-likeness (QED) is 0.793. The van der Waals surface area contributed by atoms with Crippen LogP contribution in [0.25, 0.3) is 0 Å². The average Bonchev–Trinajstić information content (AvgIpc) is 1.84. The van der Waals surface area contributed by atoms with E-state index in [-0.39, 0.29) is 28.5 Å². The molecule has 0 saturated heterocycles. The zero-order valence-corrected chi connectivity index (χ0v) is 10.4. The Morgan fingerprint density at radius 2 is 1.90 bits per heavy atom. The molecule has 0 aromatic carbocycles. The molecule has 0 unspecified atom stereocenters. The zero-order chi connectivity index (χ0) is 6.57. The van der Waals surface area contributed by atoms with Gasteiger partial charge >= 0.3 is 21.1 Å². The van der Waals surface area contributed by atoms with Gasteiger partial charge < -0.3 is 19.6 Å². The minimum absolute atomic E-state index is 0. The summed E-state index contributed by atoms with van der Waals surface area (Å²) in [4.78, 5) is 0. The Kier molecular flexibility index (Phi) is 16.3. The Morgan fingerprint density at radius 1 is 1.50 bits per heavy atom. The molecule has 2 N–H and O–H groups in total. The van der Waals surface area contributed by atoms with E-state index in [4.69, 9.17) is 5.73 Å². The van der Waals surface area contributed by atoms with Crippen LogP contribution in [0, 0.1) is 19.8 Å². The summed E-state index contributed by atoms with van der Waals surface area (Å²) in [5.74, 6) is 0.569. The Balaban J connectivity index is -0.000000245. The van der Waals surface area contributed by atoms with Crippen LogP contribution in [0.5, 0.6) is 0 Å². The smallest absolute Gasteiger partial charge is 0.358 e. The van der Waals surface area contributed by atoms with Gasteiger partial charge in [-0.15, -0.1) is 0 Å². The molecule has 0 heterocycles. The number of hydrogen-bond donors (Lipinski definition) is 1. The standard InChI is InChI=1S/C7H16N.CH3.W/c1-4-6(3)7(8)5-2;;/h4,6-7H,5,8H2,1-3H3;1H3;/q2*-1;+2/t6-,7+;;/m1../s1. The Hall–Kier alpha value is 0.648. The Labute approximate surface area is 80.0 Å². The second-order valence-corrected chi connectivity index (χ2v) is 2.26. The molecule has 0 aromatic rings. The van der Waals surface area contributed by atoms with Crippen LogP contribution in [0.3, 0.4) is 0 Å². The fourth-order valence-electron chi connectivity index (χ4n) is 0.619. The topological polar surface area (TPSA) is 26.0 Å². The first-order valence-electron chi connectivity index (χ1n) is 3.27. The second kappa shape index (κ2) is 9.65. The van der Waals surface area contributed by atoms with Crippen LogP contribution in [0.1, 0.15) is 27.2 Å². The number of rotatable bonds is 3. The first-order valence-corrected chi connectivity index (χ1v) is 3.27. The van der Waals surface area contributed by atoms with Crippen LogP contribution in [-0.2, 0) is 21.1 Å². The van der Waals surface area contributed by atoms with E-state index in [9.17, 15) is 0 Å². The molecule has 62 valence electrons. The van der Waals surface area contributed by atoms with Gasteiger partial charge in [0.05, 0.1) is 0 Å². The van der Waals surface area contributed by atoms with Crippen molar-refractivity contribution in [2.24, 2.45) is 11.7 Å². The van der Waals surface area contributed by atoms with Gasteiger partial charge in [-0.2, -0.15) is 12.8 Å². The van der Waals surface area contributed by atoms with E-state index in [2.05, 4.69) is 27.2 Å². The summed E-state index contributed by atoms with van der Waals surface area (Å²) in [6.45, 7) is 6.32. The first-order chi connectivity index (χ1) is 3.72. The van der Waals surface area contributed by atoms with Gasteiger partial charge in [-0.3, -0.25) is 0 Å². The van der Waals surface area contributed by atoms with E-state index >= 15 is 0 Å². The van der Waals surface area contributed by atoms with Gasteiger partial charge in [0.2, 0.25) is 0 Å². The maximum Gasteiger partial charge on any atom is 2.00 e. The molecule has 0 spiro atoms.